The van der Waals surface area contributed by atoms with E-state index in [1.165, 1.54) is 0 Å². The normalized spacial score (nSPS) is 22.1. The number of benzene rings is 1. The van der Waals surface area contributed by atoms with E-state index < -0.39 is 20.3 Å². The molecule has 4 N–H and O–H groups in total. The fourth-order valence-corrected chi connectivity index (χ4v) is 3.63. The second kappa shape index (κ2) is 9.75. The first-order valence-corrected chi connectivity index (χ1v) is 13.1. The smallest absolute Gasteiger partial charge is 0.407 e. The van der Waals surface area contributed by atoms with Crippen molar-refractivity contribution in [2.75, 3.05) is 6.61 Å². The molecule has 27 heavy (non-hydrogen) atoms. The summed E-state index contributed by atoms with van der Waals surface area (Å²) in [5, 5.41) is 5.61. The maximum absolute atomic E-state index is 12.0. The third kappa shape index (κ3) is 7.60. The number of nitrogens with one attached hydrogen (secondary N) is 2. The van der Waals surface area contributed by atoms with Crippen LogP contribution in [0.2, 0.25) is 25.7 Å². The van der Waals surface area contributed by atoms with E-state index in [2.05, 4.69) is 30.3 Å². The molecule has 2 amide bonds. The standard InChI is InChI=1S/C19H31N3O4Si/c1-27(2,3)12-11-25-18(23)21-15-9-10-16(17(15)20)22-19(24)26-13-14-7-5-4-6-8-14/h4-8,15-17H,9-13,20H2,1-3H3,(H,21,23)(H,22,24)/t15-,16-,17+/m0/s1. The number of ether oxygens (including phenoxy) is 2. The average Bonchev–Trinajstić information content (AvgIpc) is 2.93. The van der Waals surface area contributed by atoms with Crippen molar-refractivity contribution < 1.29 is 19.1 Å². The van der Waals surface area contributed by atoms with Gasteiger partial charge in [-0.15, -0.1) is 0 Å². The molecule has 150 valence electrons. The molecule has 1 saturated carbocycles. The molecule has 2 rings (SSSR count). The molecular formula is C19H31N3O4Si. The van der Waals surface area contributed by atoms with E-state index in [1.807, 2.05) is 30.3 Å². The number of carbonyl (C=O) groups is 2. The molecule has 3 atom stereocenters. The van der Waals surface area contributed by atoms with Crippen molar-refractivity contribution >= 4 is 20.3 Å². The summed E-state index contributed by atoms with van der Waals surface area (Å²) in [6, 6.07) is 9.57. The average molecular weight is 394 g/mol. The van der Waals surface area contributed by atoms with Crippen molar-refractivity contribution in [1.29, 1.82) is 0 Å². The van der Waals surface area contributed by atoms with Crippen LogP contribution in [-0.2, 0) is 16.1 Å². The Hall–Kier alpha value is -2.06. The number of nitrogens with two attached hydrogens (primary N) is 1. The number of alkyl carbamates (subject to hydrolysis) is 2. The lowest BCUT2D eigenvalue weighted by atomic mass is 10.1. The molecule has 1 fully saturated rings. The number of carbonyl (C=O) groups excluding carboxylic acids is 2. The fourth-order valence-electron chi connectivity index (χ4n) is 2.92. The van der Waals surface area contributed by atoms with Crippen LogP contribution in [0, 0.1) is 0 Å². The highest BCUT2D eigenvalue weighted by Crippen LogP contribution is 2.19. The third-order valence-corrected chi connectivity index (χ3v) is 6.33. The van der Waals surface area contributed by atoms with E-state index in [0.717, 1.165) is 11.6 Å². The second-order valence-electron chi connectivity index (χ2n) is 8.16. The minimum atomic E-state index is -1.23. The molecule has 7 nitrogen and oxygen atoms in total. The predicted octanol–water partition coefficient (Wildman–Crippen LogP) is 2.84. The van der Waals surface area contributed by atoms with Gasteiger partial charge in [0.05, 0.1) is 6.61 Å². The highest BCUT2D eigenvalue weighted by atomic mass is 28.3. The Labute approximate surface area is 162 Å². The Morgan fingerprint density at radius 3 is 2.15 bits per heavy atom. The molecule has 0 bridgehead atoms. The van der Waals surface area contributed by atoms with Gasteiger partial charge in [-0.1, -0.05) is 50.0 Å². The van der Waals surface area contributed by atoms with Gasteiger partial charge >= 0.3 is 12.2 Å². The van der Waals surface area contributed by atoms with Gasteiger partial charge in [0.2, 0.25) is 0 Å². The van der Waals surface area contributed by atoms with Crippen LogP contribution < -0.4 is 16.4 Å². The number of rotatable bonds is 7. The molecule has 1 aliphatic rings. The zero-order valence-corrected chi connectivity index (χ0v) is 17.4. The van der Waals surface area contributed by atoms with Crippen molar-refractivity contribution in [3.05, 3.63) is 35.9 Å². The summed E-state index contributed by atoms with van der Waals surface area (Å²) >= 11 is 0. The summed E-state index contributed by atoms with van der Waals surface area (Å²) < 4.78 is 10.5. The molecule has 0 radical (unpaired) electrons. The molecule has 0 spiro atoms. The summed E-state index contributed by atoms with van der Waals surface area (Å²) in [7, 11) is -1.23. The van der Waals surface area contributed by atoms with E-state index in [9.17, 15) is 9.59 Å². The zero-order chi connectivity index (χ0) is 19.9. The van der Waals surface area contributed by atoms with Crippen molar-refractivity contribution in [2.45, 2.75) is 63.3 Å². The van der Waals surface area contributed by atoms with Crippen LogP contribution >= 0.6 is 0 Å². The van der Waals surface area contributed by atoms with Gasteiger partial charge in [-0.2, -0.15) is 0 Å². The lowest BCUT2D eigenvalue weighted by molar-refractivity contribution is 0.134. The van der Waals surface area contributed by atoms with Crippen LogP contribution in [0.15, 0.2) is 30.3 Å². The van der Waals surface area contributed by atoms with Gasteiger partial charge in [0.1, 0.15) is 6.61 Å². The first kappa shape index (κ1) is 21.2. The van der Waals surface area contributed by atoms with Crippen LogP contribution in [-0.4, -0.2) is 45.0 Å². The summed E-state index contributed by atoms with van der Waals surface area (Å²) in [6.07, 6.45) is 0.425. The van der Waals surface area contributed by atoms with E-state index in [4.69, 9.17) is 15.2 Å². The van der Waals surface area contributed by atoms with Crippen LogP contribution in [0.4, 0.5) is 9.59 Å². The fraction of sp³-hybridized carbons (Fsp3) is 0.579. The maximum atomic E-state index is 12.0. The van der Waals surface area contributed by atoms with Crippen molar-refractivity contribution in [3.63, 3.8) is 0 Å². The maximum Gasteiger partial charge on any atom is 0.407 e. The van der Waals surface area contributed by atoms with Crippen LogP contribution in [0.25, 0.3) is 0 Å². The van der Waals surface area contributed by atoms with Gasteiger partial charge < -0.3 is 25.8 Å². The largest absolute Gasteiger partial charge is 0.450 e. The number of amides is 2. The third-order valence-electron chi connectivity index (χ3n) is 4.62. The first-order chi connectivity index (χ1) is 12.7. The molecule has 0 heterocycles. The highest BCUT2D eigenvalue weighted by Gasteiger charge is 2.36. The predicted molar refractivity (Wildman–Crippen MR) is 107 cm³/mol. The van der Waals surface area contributed by atoms with Crippen LogP contribution in [0.5, 0.6) is 0 Å². The van der Waals surface area contributed by atoms with E-state index >= 15 is 0 Å². The van der Waals surface area contributed by atoms with Crippen LogP contribution in [0.3, 0.4) is 0 Å². The monoisotopic (exact) mass is 393 g/mol. The Balaban J connectivity index is 1.69. The number of hydrogen-bond acceptors (Lipinski definition) is 5. The minimum Gasteiger partial charge on any atom is -0.450 e. The summed E-state index contributed by atoms with van der Waals surface area (Å²) in [5.74, 6) is 0. The lowest BCUT2D eigenvalue weighted by Crippen LogP contribution is -2.53. The Morgan fingerprint density at radius 2 is 1.59 bits per heavy atom. The molecule has 0 saturated heterocycles. The summed E-state index contributed by atoms with van der Waals surface area (Å²) in [6.45, 7) is 7.33. The summed E-state index contributed by atoms with van der Waals surface area (Å²) in [4.78, 5) is 23.9. The van der Waals surface area contributed by atoms with Gasteiger partial charge in [-0.05, 0) is 24.4 Å². The molecule has 8 heteroatoms. The summed E-state index contributed by atoms with van der Waals surface area (Å²) in [5.41, 5.74) is 7.11. The molecule has 0 aliphatic heterocycles. The van der Waals surface area contributed by atoms with Crippen molar-refractivity contribution in [3.8, 4) is 0 Å². The van der Waals surface area contributed by atoms with Crippen LogP contribution in [0.1, 0.15) is 18.4 Å². The van der Waals surface area contributed by atoms with E-state index in [-0.39, 0.29) is 24.7 Å². The van der Waals surface area contributed by atoms with Gasteiger partial charge in [-0.25, -0.2) is 9.59 Å². The second-order valence-corrected chi connectivity index (χ2v) is 13.8. The van der Waals surface area contributed by atoms with Crippen molar-refractivity contribution in [1.82, 2.24) is 10.6 Å². The Kier molecular flexibility index (Phi) is 7.67. The van der Waals surface area contributed by atoms with Gasteiger partial charge in [-0.3, -0.25) is 0 Å². The first-order valence-electron chi connectivity index (χ1n) is 9.41. The molecule has 1 aliphatic carbocycles. The van der Waals surface area contributed by atoms with Crippen molar-refractivity contribution in [2.24, 2.45) is 5.73 Å². The van der Waals surface area contributed by atoms with Gasteiger partial charge in [0, 0.05) is 26.2 Å². The van der Waals surface area contributed by atoms with Gasteiger partial charge in [0.15, 0.2) is 0 Å². The topological polar surface area (TPSA) is 103 Å². The SMILES string of the molecule is C[Si](C)(C)CCOC(=O)N[C@H]1CC[C@H](NC(=O)OCc2ccccc2)[C@@H]1N. The molecule has 1 aromatic rings. The number of hydrogen-bond donors (Lipinski definition) is 3. The quantitative estimate of drug-likeness (QED) is 0.618. The van der Waals surface area contributed by atoms with Gasteiger partial charge in [0.25, 0.3) is 0 Å². The lowest BCUT2D eigenvalue weighted by Gasteiger charge is -2.22. The molecule has 1 aromatic carbocycles. The molecule has 0 aromatic heterocycles. The molecular weight excluding hydrogens is 362 g/mol. The Morgan fingerprint density at radius 1 is 1.04 bits per heavy atom. The minimum absolute atomic E-state index is 0.208. The van der Waals surface area contributed by atoms with E-state index in [1.54, 1.807) is 0 Å². The highest BCUT2D eigenvalue weighted by molar-refractivity contribution is 6.76. The zero-order valence-electron chi connectivity index (χ0n) is 16.4. The molecule has 0 unspecified atom stereocenters. The Bertz CT molecular complexity index is 621. The van der Waals surface area contributed by atoms with E-state index in [0.29, 0.717) is 19.4 Å².